The highest BCUT2D eigenvalue weighted by Gasteiger charge is 2.32. The van der Waals surface area contributed by atoms with Gasteiger partial charge in [0.2, 0.25) is 5.78 Å². The van der Waals surface area contributed by atoms with E-state index in [1.54, 1.807) is 24.3 Å². The quantitative estimate of drug-likeness (QED) is 0.615. The van der Waals surface area contributed by atoms with Gasteiger partial charge in [0.1, 0.15) is 0 Å². The van der Waals surface area contributed by atoms with Crippen molar-refractivity contribution in [1.82, 2.24) is 0 Å². The Labute approximate surface area is 141 Å². The van der Waals surface area contributed by atoms with Gasteiger partial charge < -0.3 is 14.6 Å². The van der Waals surface area contributed by atoms with Crippen LogP contribution in [0.5, 0.6) is 11.5 Å². The fraction of sp³-hybridized carbons (Fsp3) is 0.389. The highest BCUT2D eigenvalue weighted by atomic mass is 16.5. The number of hydrogen-bond acceptors (Lipinski definition) is 6. The summed E-state index contributed by atoms with van der Waals surface area (Å²) in [5.41, 5.74) is 1.02. The summed E-state index contributed by atoms with van der Waals surface area (Å²) in [6.07, 6.45) is 3.11. The van der Waals surface area contributed by atoms with Crippen molar-refractivity contribution in [3.8, 4) is 11.5 Å². The van der Waals surface area contributed by atoms with Gasteiger partial charge in [0.25, 0.3) is 0 Å². The van der Waals surface area contributed by atoms with Crippen molar-refractivity contribution in [2.45, 2.75) is 12.8 Å². The molecule has 0 aromatic heterocycles. The average molecular weight is 330 g/mol. The van der Waals surface area contributed by atoms with Gasteiger partial charge in [-0.05, 0) is 37.8 Å². The van der Waals surface area contributed by atoms with Crippen molar-refractivity contribution in [2.24, 2.45) is 15.9 Å². The molecule has 0 amide bonds. The number of carbonyl (C=O) groups excluding carboxylic acids is 1. The molecular weight excluding hydrogens is 308 g/mol. The van der Waals surface area contributed by atoms with Gasteiger partial charge in [0, 0.05) is 5.56 Å². The number of aromatic hydroxyl groups is 1. The van der Waals surface area contributed by atoms with Crippen molar-refractivity contribution in [2.75, 3.05) is 27.3 Å². The molecule has 1 unspecified atom stereocenters. The van der Waals surface area contributed by atoms with Crippen molar-refractivity contribution in [3.63, 3.8) is 0 Å². The number of phenolic OH excluding ortho intramolecular Hbond substituents is 1. The number of rotatable bonds is 7. The largest absolute Gasteiger partial charge is 0.504 e. The zero-order valence-electron chi connectivity index (χ0n) is 14.0. The van der Waals surface area contributed by atoms with Crippen molar-refractivity contribution < 1.29 is 19.4 Å². The zero-order valence-corrected chi connectivity index (χ0v) is 14.0. The van der Waals surface area contributed by atoms with Crippen LogP contribution in [0.3, 0.4) is 0 Å². The fourth-order valence-electron chi connectivity index (χ4n) is 2.75. The minimum absolute atomic E-state index is 0.0216. The van der Waals surface area contributed by atoms with Gasteiger partial charge in [0.05, 0.1) is 38.9 Å². The Morgan fingerprint density at radius 3 is 2.79 bits per heavy atom. The number of phenols is 1. The molecule has 1 aliphatic rings. The lowest BCUT2D eigenvalue weighted by atomic mass is 9.84. The number of Topliss-reactive ketones (excluding diaryl/α,β-unsaturated/α-hetero) is 1. The summed E-state index contributed by atoms with van der Waals surface area (Å²) >= 11 is 0. The summed E-state index contributed by atoms with van der Waals surface area (Å²) in [5.74, 6) is 0.0617. The summed E-state index contributed by atoms with van der Waals surface area (Å²) in [6.45, 7) is 4.28. The van der Waals surface area contributed by atoms with E-state index in [0.29, 0.717) is 48.7 Å². The lowest BCUT2D eigenvalue weighted by Gasteiger charge is -2.23. The van der Waals surface area contributed by atoms with E-state index in [9.17, 15) is 9.90 Å². The zero-order chi connectivity index (χ0) is 17.5. The Balaban J connectivity index is 2.47. The monoisotopic (exact) mass is 330 g/mol. The van der Waals surface area contributed by atoms with Crippen LogP contribution in [0.4, 0.5) is 0 Å². The number of aliphatic imine (C=N–C) groups is 2. The van der Waals surface area contributed by atoms with Crippen LogP contribution in [0.1, 0.15) is 18.4 Å². The van der Waals surface area contributed by atoms with E-state index in [-0.39, 0.29) is 11.5 Å². The predicted octanol–water partition coefficient (Wildman–Crippen LogP) is 2.40. The third-order valence-corrected chi connectivity index (χ3v) is 3.93. The van der Waals surface area contributed by atoms with Crippen molar-refractivity contribution >= 4 is 18.2 Å². The number of ether oxygens (including phenoxy) is 2. The normalized spacial score (nSPS) is 18.1. The lowest BCUT2D eigenvalue weighted by molar-refractivity contribution is -0.120. The summed E-state index contributed by atoms with van der Waals surface area (Å²) in [7, 11) is 2.96. The summed E-state index contributed by atoms with van der Waals surface area (Å²) in [5, 5.41) is 10.5. The molecule has 6 heteroatoms. The second kappa shape index (κ2) is 8.29. The van der Waals surface area contributed by atoms with E-state index in [2.05, 4.69) is 16.7 Å². The number of ketones is 1. The molecule has 0 saturated carbocycles. The molecule has 0 fully saturated rings. The van der Waals surface area contributed by atoms with Gasteiger partial charge in [-0.3, -0.25) is 14.8 Å². The molecule has 1 aliphatic carbocycles. The average Bonchev–Trinajstić information content (AvgIpc) is 2.60. The molecule has 1 atom stereocenters. The van der Waals surface area contributed by atoms with Crippen LogP contribution >= 0.6 is 0 Å². The third kappa shape index (κ3) is 3.64. The molecule has 1 N–H and O–H groups in total. The molecule has 24 heavy (non-hydrogen) atoms. The van der Waals surface area contributed by atoms with Gasteiger partial charge >= 0.3 is 0 Å². The minimum atomic E-state index is -0.465. The standard InChI is InChI=1S/C18H22N2O4/c1-19-10-11-20-16(12-6-4-8-14(23-2)17(12)21)13-7-5-9-15(24-3)18(13)22/h4,6,8-9,13,21H,1,5,7,10-11H2,2-3H3. The first-order valence-electron chi connectivity index (χ1n) is 7.75. The first kappa shape index (κ1) is 17.7. The van der Waals surface area contributed by atoms with E-state index < -0.39 is 5.92 Å². The molecule has 0 aliphatic heterocycles. The molecule has 128 valence electrons. The Hall–Kier alpha value is -2.63. The molecule has 0 spiro atoms. The second-order valence-electron chi connectivity index (χ2n) is 5.34. The number of nitrogens with zero attached hydrogens (tertiary/aromatic N) is 2. The molecule has 0 heterocycles. The topological polar surface area (TPSA) is 80.5 Å². The predicted molar refractivity (Wildman–Crippen MR) is 93.3 cm³/mol. The van der Waals surface area contributed by atoms with E-state index in [4.69, 9.17) is 9.47 Å². The van der Waals surface area contributed by atoms with Gasteiger partial charge in [-0.2, -0.15) is 0 Å². The molecule has 2 rings (SSSR count). The molecule has 0 radical (unpaired) electrons. The highest BCUT2D eigenvalue weighted by molar-refractivity contribution is 6.19. The van der Waals surface area contributed by atoms with E-state index in [1.165, 1.54) is 14.2 Å². The van der Waals surface area contributed by atoms with Crippen LogP contribution in [0.2, 0.25) is 0 Å². The number of benzene rings is 1. The van der Waals surface area contributed by atoms with Crippen LogP contribution in [0.15, 0.2) is 40.0 Å². The van der Waals surface area contributed by atoms with E-state index in [0.717, 1.165) is 0 Å². The second-order valence-corrected chi connectivity index (χ2v) is 5.34. The van der Waals surface area contributed by atoms with Crippen molar-refractivity contribution in [1.29, 1.82) is 0 Å². The molecule has 1 aromatic carbocycles. The highest BCUT2D eigenvalue weighted by Crippen LogP contribution is 2.34. The van der Waals surface area contributed by atoms with Gasteiger partial charge in [-0.1, -0.05) is 6.07 Å². The van der Waals surface area contributed by atoms with Gasteiger partial charge in [-0.15, -0.1) is 0 Å². The number of methoxy groups -OCH3 is 2. The summed E-state index contributed by atoms with van der Waals surface area (Å²) in [4.78, 5) is 21.0. The Kier molecular flexibility index (Phi) is 6.12. The molecule has 1 aromatic rings. The summed E-state index contributed by atoms with van der Waals surface area (Å²) < 4.78 is 10.3. The molecular formula is C18H22N2O4. The van der Waals surface area contributed by atoms with Gasteiger partial charge in [0.15, 0.2) is 17.3 Å². The Morgan fingerprint density at radius 1 is 1.33 bits per heavy atom. The minimum Gasteiger partial charge on any atom is -0.504 e. The number of para-hydroxylation sites is 1. The number of carbonyl (C=O) groups is 1. The maximum atomic E-state index is 12.6. The van der Waals surface area contributed by atoms with Crippen molar-refractivity contribution in [3.05, 3.63) is 35.6 Å². The van der Waals surface area contributed by atoms with Crippen LogP contribution < -0.4 is 4.74 Å². The van der Waals surface area contributed by atoms with E-state index in [1.807, 2.05) is 0 Å². The number of allylic oxidation sites excluding steroid dienone is 2. The van der Waals surface area contributed by atoms with Crippen LogP contribution in [0.25, 0.3) is 0 Å². The van der Waals surface area contributed by atoms with Crippen LogP contribution in [-0.2, 0) is 9.53 Å². The molecule has 6 nitrogen and oxygen atoms in total. The first-order chi connectivity index (χ1) is 11.6. The first-order valence-corrected chi connectivity index (χ1v) is 7.75. The fourth-order valence-corrected chi connectivity index (χ4v) is 2.75. The molecule has 0 bridgehead atoms. The Bertz CT molecular complexity index is 680. The maximum Gasteiger partial charge on any atom is 0.206 e. The SMILES string of the molecule is C=NCCN=C(c1cccc(OC)c1O)C1CCC=C(OC)C1=O. The molecule has 0 saturated heterocycles. The Morgan fingerprint density at radius 2 is 2.12 bits per heavy atom. The lowest BCUT2D eigenvalue weighted by Crippen LogP contribution is -2.30. The number of hydrogen-bond donors (Lipinski definition) is 1. The van der Waals surface area contributed by atoms with E-state index >= 15 is 0 Å². The third-order valence-electron chi connectivity index (χ3n) is 3.93. The summed E-state index contributed by atoms with van der Waals surface area (Å²) in [6, 6.07) is 5.15. The smallest absolute Gasteiger partial charge is 0.206 e. The van der Waals surface area contributed by atoms with Crippen LogP contribution in [-0.4, -0.2) is 50.6 Å². The van der Waals surface area contributed by atoms with Crippen LogP contribution in [0, 0.1) is 5.92 Å². The maximum absolute atomic E-state index is 12.6. The van der Waals surface area contributed by atoms with Gasteiger partial charge in [-0.25, -0.2) is 0 Å².